The van der Waals surface area contributed by atoms with Crippen LogP contribution in [0.15, 0.2) is 23.0 Å². The van der Waals surface area contributed by atoms with Gasteiger partial charge in [-0.25, -0.2) is 9.38 Å². The molecule has 26 heavy (non-hydrogen) atoms. The van der Waals surface area contributed by atoms with Gasteiger partial charge in [-0.1, -0.05) is 19.9 Å². The minimum absolute atomic E-state index is 0.0178. The van der Waals surface area contributed by atoms with Gasteiger partial charge in [0.25, 0.3) is 5.56 Å². The van der Waals surface area contributed by atoms with Crippen molar-refractivity contribution < 1.29 is 0 Å². The Balaban J connectivity index is 2.60. The highest BCUT2D eigenvalue weighted by atomic mass is 16.1. The van der Waals surface area contributed by atoms with Crippen LogP contribution in [0, 0.1) is 34.0 Å². The van der Waals surface area contributed by atoms with Crippen LogP contribution in [-0.4, -0.2) is 9.38 Å². The third-order valence-electron chi connectivity index (χ3n) is 4.36. The molecule has 0 unspecified atom stereocenters. The van der Waals surface area contributed by atoms with E-state index in [1.807, 2.05) is 38.1 Å². The minimum atomic E-state index is -0.443. The van der Waals surface area contributed by atoms with Gasteiger partial charge in [0.05, 0.1) is 29.0 Å². The molecule has 0 aliphatic rings. The van der Waals surface area contributed by atoms with E-state index in [9.17, 15) is 15.3 Å². The highest BCUT2D eigenvalue weighted by molar-refractivity contribution is 5.83. The van der Waals surface area contributed by atoms with Gasteiger partial charge >= 0.3 is 0 Å². The van der Waals surface area contributed by atoms with E-state index in [4.69, 9.17) is 11.0 Å². The standard InChI is InChI=1S/C19H14N6O/c1-10(2)11-3-4-16-13(7-11)19(26)25-17(23)14(8-21)12(5-6-20)15(9-22)18(25)24-16/h3-4,7,10H,5,23H2,1-2H3. The molecule has 0 atom stereocenters. The fourth-order valence-corrected chi connectivity index (χ4v) is 2.98. The Hall–Kier alpha value is -3.89. The van der Waals surface area contributed by atoms with Crippen LogP contribution in [0.25, 0.3) is 16.6 Å². The van der Waals surface area contributed by atoms with E-state index < -0.39 is 5.56 Å². The molecule has 2 N–H and O–H groups in total. The molecular formula is C19H14N6O. The molecule has 7 heteroatoms. The second-order valence-corrected chi connectivity index (χ2v) is 6.18. The van der Waals surface area contributed by atoms with E-state index >= 15 is 0 Å². The Morgan fingerprint density at radius 1 is 1.19 bits per heavy atom. The van der Waals surface area contributed by atoms with Gasteiger partial charge in [-0.3, -0.25) is 4.79 Å². The summed E-state index contributed by atoms with van der Waals surface area (Å²) in [6, 6.07) is 11.2. The molecule has 0 saturated carbocycles. The number of nitrogen functional groups attached to an aromatic ring is 1. The lowest BCUT2D eigenvalue weighted by Gasteiger charge is -2.13. The third-order valence-corrected chi connectivity index (χ3v) is 4.36. The molecule has 2 heterocycles. The summed E-state index contributed by atoms with van der Waals surface area (Å²) in [5.41, 5.74) is 7.24. The number of nitrogens with two attached hydrogens (primary N) is 1. The maximum Gasteiger partial charge on any atom is 0.267 e. The van der Waals surface area contributed by atoms with Crippen molar-refractivity contribution in [2.24, 2.45) is 0 Å². The van der Waals surface area contributed by atoms with Crippen molar-refractivity contribution in [3.63, 3.8) is 0 Å². The Morgan fingerprint density at radius 2 is 1.88 bits per heavy atom. The summed E-state index contributed by atoms with van der Waals surface area (Å²) in [5.74, 6) is 0.111. The van der Waals surface area contributed by atoms with Crippen molar-refractivity contribution in [1.82, 2.24) is 9.38 Å². The lowest BCUT2D eigenvalue weighted by Crippen LogP contribution is -2.22. The minimum Gasteiger partial charge on any atom is -0.384 e. The lowest BCUT2D eigenvalue weighted by atomic mass is 9.99. The van der Waals surface area contributed by atoms with Crippen molar-refractivity contribution in [3.05, 3.63) is 50.8 Å². The topological polar surface area (TPSA) is 132 Å². The number of hydrogen-bond acceptors (Lipinski definition) is 6. The van der Waals surface area contributed by atoms with E-state index in [1.165, 1.54) is 0 Å². The molecule has 126 valence electrons. The van der Waals surface area contributed by atoms with E-state index in [2.05, 4.69) is 4.98 Å². The van der Waals surface area contributed by atoms with E-state index in [-0.39, 0.29) is 40.5 Å². The number of hydrogen-bond donors (Lipinski definition) is 1. The molecule has 0 spiro atoms. The van der Waals surface area contributed by atoms with Crippen molar-refractivity contribution in [2.75, 3.05) is 5.73 Å². The number of nitrogens with zero attached hydrogens (tertiary/aromatic N) is 5. The second kappa shape index (κ2) is 6.20. The zero-order valence-corrected chi connectivity index (χ0v) is 14.2. The molecule has 3 rings (SSSR count). The van der Waals surface area contributed by atoms with Crippen molar-refractivity contribution in [3.8, 4) is 18.2 Å². The molecule has 7 nitrogen and oxygen atoms in total. The summed E-state index contributed by atoms with van der Waals surface area (Å²) in [6.07, 6.45) is -0.174. The van der Waals surface area contributed by atoms with Crippen LogP contribution in [-0.2, 0) is 6.42 Å². The first-order chi connectivity index (χ1) is 12.4. The summed E-state index contributed by atoms with van der Waals surface area (Å²) < 4.78 is 1.09. The summed E-state index contributed by atoms with van der Waals surface area (Å²) in [7, 11) is 0. The molecule has 1 aromatic carbocycles. The summed E-state index contributed by atoms with van der Waals surface area (Å²) in [4.78, 5) is 17.5. The molecule has 0 radical (unpaired) electrons. The van der Waals surface area contributed by atoms with Gasteiger partial charge in [-0.2, -0.15) is 15.8 Å². The second-order valence-electron chi connectivity index (χ2n) is 6.18. The molecular weight excluding hydrogens is 328 g/mol. The molecule has 2 aromatic heterocycles. The van der Waals surface area contributed by atoms with Crippen LogP contribution in [0.5, 0.6) is 0 Å². The molecule has 0 amide bonds. The number of rotatable bonds is 2. The predicted octanol–water partition coefficient (Wildman–Crippen LogP) is 2.36. The lowest BCUT2D eigenvalue weighted by molar-refractivity contribution is 0.868. The number of fused-ring (bicyclic) bond motifs is 2. The van der Waals surface area contributed by atoms with Crippen molar-refractivity contribution in [2.45, 2.75) is 26.2 Å². The molecule has 3 aromatic rings. The van der Waals surface area contributed by atoms with Gasteiger partial charge in [0, 0.05) is 5.56 Å². The van der Waals surface area contributed by atoms with Crippen LogP contribution in [0.2, 0.25) is 0 Å². The third kappa shape index (κ3) is 2.33. The Labute approximate surface area is 149 Å². The largest absolute Gasteiger partial charge is 0.384 e. The summed E-state index contributed by atoms with van der Waals surface area (Å²) in [5, 5.41) is 28.4. The van der Waals surface area contributed by atoms with Gasteiger partial charge in [-0.05, 0) is 23.6 Å². The van der Waals surface area contributed by atoms with Crippen molar-refractivity contribution >= 4 is 22.4 Å². The highest BCUT2D eigenvalue weighted by Crippen LogP contribution is 2.26. The maximum absolute atomic E-state index is 13.0. The Bertz CT molecular complexity index is 1250. The fourth-order valence-electron chi connectivity index (χ4n) is 2.98. The highest BCUT2D eigenvalue weighted by Gasteiger charge is 2.21. The number of aromatic nitrogens is 2. The van der Waals surface area contributed by atoms with Gasteiger partial charge < -0.3 is 5.73 Å². The van der Waals surface area contributed by atoms with E-state index in [0.717, 1.165) is 9.96 Å². The molecule has 0 aliphatic heterocycles. The molecule has 0 bridgehead atoms. The molecule has 0 saturated heterocycles. The van der Waals surface area contributed by atoms with Crippen LogP contribution >= 0.6 is 0 Å². The summed E-state index contributed by atoms with van der Waals surface area (Å²) in [6.45, 7) is 4.02. The Morgan fingerprint density at radius 3 is 2.46 bits per heavy atom. The van der Waals surface area contributed by atoms with E-state index in [1.54, 1.807) is 12.1 Å². The zero-order chi connectivity index (χ0) is 19.0. The van der Waals surface area contributed by atoms with Crippen LogP contribution < -0.4 is 11.3 Å². The number of anilines is 1. The van der Waals surface area contributed by atoms with Gasteiger partial charge in [0.1, 0.15) is 23.5 Å². The quantitative estimate of drug-likeness (QED) is 0.711. The maximum atomic E-state index is 13.0. The van der Waals surface area contributed by atoms with E-state index in [0.29, 0.717) is 10.9 Å². The number of nitriles is 3. The number of pyridine rings is 1. The zero-order valence-electron chi connectivity index (χ0n) is 14.2. The fraction of sp³-hybridized carbons (Fsp3) is 0.211. The first-order valence-corrected chi connectivity index (χ1v) is 7.92. The predicted molar refractivity (Wildman–Crippen MR) is 96.2 cm³/mol. The first kappa shape index (κ1) is 17.0. The molecule has 0 aliphatic carbocycles. The van der Waals surface area contributed by atoms with Gasteiger partial charge in [-0.15, -0.1) is 0 Å². The van der Waals surface area contributed by atoms with Crippen molar-refractivity contribution in [1.29, 1.82) is 15.8 Å². The number of benzene rings is 1. The molecule has 0 fully saturated rings. The Kier molecular flexibility index (Phi) is 4.04. The van der Waals surface area contributed by atoms with Gasteiger partial charge in [0.15, 0.2) is 5.65 Å². The monoisotopic (exact) mass is 342 g/mol. The van der Waals surface area contributed by atoms with Crippen LogP contribution in [0.1, 0.15) is 42.0 Å². The SMILES string of the molecule is CC(C)c1ccc2nc3c(C#N)c(CC#N)c(C#N)c(N)n3c(=O)c2c1. The average Bonchev–Trinajstić information content (AvgIpc) is 2.62. The first-order valence-electron chi connectivity index (χ1n) is 7.92. The smallest absolute Gasteiger partial charge is 0.267 e. The average molecular weight is 342 g/mol. The van der Waals surface area contributed by atoms with Crippen LogP contribution in [0.3, 0.4) is 0 Å². The van der Waals surface area contributed by atoms with Crippen LogP contribution in [0.4, 0.5) is 5.82 Å². The normalized spacial score (nSPS) is 10.6. The van der Waals surface area contributed by atoms with Gasteiger partial charge in [0.2, 0.25) is 0 Å². The summed E-state index contributed by atoms with van der Waals surface area (Å²) >= 11 is 0.